The molecule has 1 aliphatic rings. The number of carbonyl (C=O) groups excluding carboxylic acids is 2. The molecule has 1 N–H and O–H groups in total. The Morgan fingerprint density at radius 2 is 1.68 bits per heavy atom. The Morgan fingerprint density at radius 1 is 1.04 bits per heavy atom. The van der Waals surface area contributed by atoms with Crippen LogP contribution in [0.2, 0.25) is 0 Å². The summed E-state index contributed by atoms with van der Waals surface area (Å²) in [5, 5.41) is 2.99. The number of para-hydroxylation sites is 2. The number of hydrogen-bond acceptors (Lipinski definition) is 3. The molecular weight excluding hydrogens is 350 g/mol. The number of aryl methyl sites for hydroxylation is 1. The van der Waals surface area contributed by atoms with Gasteiger partial charge in [0.1, 0.15) is 0 Å². The van der Waals surface area contributed by atoms with Gasteiger partial charge in [-0.1, -0.05) is 36.4 Å². The Bertz CT molecular complexity index is 799. The fraction of sp³-hybridized carbons (Fsp3) is 0.391. The normalized spacial score (nSPS) is 15.2. The molecule has 0 atom stereocenters. The molecule has 0 aromatic heterocycles. The van der Waals surface area contributed by atoms with Gasteiger partial charge >= 0.3 is 0 Å². The average Bonchev–Trinajstić information content (AvgIpc) is 2.71. The number of benzene rings is 2. The minimum atomic E-state index is 0.00482. The van der Waals surface area contributed by atoms with Crippen LogP contribution < -0.4 is 10.2 Å². The van der Waals surface area contributed by atoms with Crippen molar-refractivity contribution in [2.24, 2.45) is 5.92 Å². The summed E-state index contributed by atoms with van der Waals surface area (Å²) in [6.45, 7) is 6.62. The van der Waals surface area contributed by atoms with Crippen LogP contribution in [0.3, 0.4) is 0 Å². The first-order chi connectivity index (χ1) is 13.6. The molecule has 28 heavy (non-hydrogen) atoms. The maximum absolute atomic E-state index is 12.9. The zero-order valence-corrected chi connectivity index (χ0v) is 16.7. The van der Waals surface area contributed by atoms with Crippen LogP contribution >= 0.6 is 0 Å². The fourth-order valence-corrected chi connectivity index (χ4v) is 3.74. The molecule has 0 unspecified atom stereocenters. The van der Waals surface area contributed by atoms with Gasteiger partial charge in [0.15, 0.2) is 0 Å². The third-order valence-corrected chi connectivity index (χ3v) is 5.38. The third-order valence-electron chi connectivity index (χ3n) is 5.38. The molecule has 1 aliphatic heterocycles. The molecule has 0 radical (unpaired) electrons. The summed E-state index contributed by atoms with van der Waals surface area (Å²) in [4.78, 5) is 29.3. The van der Waals surface area contributed by atoms with Crippen LogP contribution in [0.4, 0.5) is 11.4 Å². The van der Waals surface area contributed by atoms with Crippen LogP contribution in [-0.4, -0.2) is 42.9 Å². The van der Waals surface area contributed by atoms with Crippen LogP contribution in [0, 0.1) is 12.8 Å². The zero-order valence-electron chi connectivity index (χ0n) is 16.7. The number of nitrogens with zero attached hydrogens (tertiary/aromatic N) is 2. The van der Waals surface area contributed by atoms with E-state index in [2.05, 4.69) is 10.2 Å². The molecule has 5 heteroatoms. The molecule has 2 aromatic rings. The van der Waals surface area contributed by atoms with Crippen LogP contribution in [0.1, 0.15) is 25.3 Å². The fourth-order valence-electron chi connectivity index (χ4n) is 3.74. The molecule has 3 rings (SSSR count). The summed E-state index contributed by atoms with van der Waals surface area (Å²) in [7, 11) is 0. The number of rotatable bonds is 6. The lowest BCUT2D eigenvalue weighted by Crippen LogP contribution is -2.45. The maximum Gasteiger partial charge on any atom is 0.241 e. The van der Waals surface area contributed by atoms with Gasteiger partial charge in [-0.05, 0) is 63.5 Å². The molecule has 2 amide bonds. The molecule has 0 spiro atoms. The van der Waals surface area contributed by atoms with E-state index in [1.54, 1.807) is 0 Å². The molecule has 1 fully saturated rings. The predicted octanol–water partition coefficient (Wildman–Crippen LogP) is 3.70. The van der Waals surface area contributed by atoms with E-state index in [9.17, 15) is 9.59 Å². The number of likely N-dealkylation sites (tertiary alicyclic amines) is 1. The van der Waals surface area contributed by atoms with Gasteiger partial charge in [0, 0.05) is 23.8 Å². The maximum atomic E-state index is 12.9. The Labute approximate surface area is 167 Å². The summed E-state index contributed by atoms with van der Waals surface area (Å²) in [6, 6.07) is 17.5. The van der Waals surface area contributed by atoms with Gasteiger partial charge in [0.25, 0.3) is 0 Å². The summed E-state index contributed by atoms with van der Waals surface area (Å²) >= 11 is 0. The van der Waals surface area contributed by atoms with E-state index >= 15 is 0 Å². The second kappa shape index (κ2) is 9.51. The van der Waals surface area contributed by atoms with Crippen molar-refractivity contribution in [3.8, 4) is 0 Å². The van der Waals surface area contributed by atoms with Gasteiger partial charge in [-0.25, -0.2) is 0 Å². The van der Waals surface area contributed by atoms with E-state index < -0.39 is 0 Å². The SMILES string of the molecule is CCN(C(=O)CN1CCC(C(=O)Nc2ccccc2)CC1)c1ccccc1C. The number of likely N-dealkylation sites (N-methyl/N-ethyl adjacent to an activating group) is 1. The van der Waals surface area contributed by atoms with E-state index in [-0.39, 0.29) is 17.7 Å². The number of hydrogen-bond donors (Lipinski definition) is 1. The van der Waals surface area contributed by atoms with Crippen molar-refractivity contribution in [3.63, 3.8) is 0 Å². The lowest BCUT2D eigenvalue weighted by molar-refractivity contribution is -0.122. The molecular formula is C23H29N3O2. The van der Waals surface area contributed by atoms with Gasteiger partial charge in [-0.2, -0.15) is 0 Å². The second-order valence-corrected chi connectivity index (χ2v) is 7.33. The quantitative estimate of drug-likeness (QED) is 0.833. The predicted molar refractivity (Wildman–Crippen MR) is 113 cm³/mol. The van der Waals surface area contributed by atoms with Crippen molar-refractivity contribution in [1.29, 1.82) is 0 Å². The highest BCUT2D eigenvalue weighted by molar-refractivity contribution is 5.95. The Balaban J connectivity index is 1.51. The molecule has 0 bridgehead atoms. The van der Waals surface area contributed by atoms with E-state index in [4.69, 9.17) is 0 Å². The van der Waals surface area contributed by atoms with E-state index in [0.717, 1.165) is 42.9 Å². The van der Waals surface area contributed by atoms with E-state index in [0.29, 0.717) is 13.1 Å². The highest BCUT2D eigenvalue weighted by atomic mass is 16.2. The first-order valence-electron chi connectivity index (χ1n) is 10.0. The Kier molecular flexibility index (Phi) is 6.82. The molecule has 5 nitrogen and oxygen atoms in total. The van der Waals surface area contributed by atoms with Crippen molar-refractivity contribution in [2.75, 3.05) is 36.4 Å². The van der Waals surface area contributed by atoms with E-state index in [1.807, 2.05) is 73.3 Å². The number of carbonyl (C=O) groups is 2. The molecule has 1 heterocycles. The summed E-state index contributed by atoms with van der Waals surface area (Å²) in [5.74, 6) is 0.196. The molecule has 1 saturated heterocycles. The Hall–Kier alpha value is -2.66. The van der Waals surface area contributed by atoms with Crippen LogP contribution in [0.25, 0.3) is 0 Å². The number of nitrogens with one attached hydrogen (secondary N) is 1. The first kappa shape index (κ1) is 20.1. The van der Waals surface area contributed by atoms with Crippen molar-refractivity contribution < 1.29 is 9.59 Å². The minimum Gasteiger partial charge on any atom is -0.326 e. The smallest absolute Gasteiger partial charge is 0.241 e. The Morgan fingerprint density at radius 3 is 2.32 bits per heavy atom. The first-order valence-corrected chi connectivity index (χ1v) is 10.0. The summed E-state index contributed by atoms with van der Waals surface area (Å²) < 4.78 is 0. The third kappa shape index (κ3) is 4.98. The van der Waals surface area contributed by atoms with Crippen molar-refractivity contribution in [2.45, 2.75) is 26.7 Å². The molecule has 0 aliphatic carbocycles. The van der Waals surface area contributed by atoms with E-state index in [1.165, 1.54) is 0 Å². The molecule has 0 saturated carbocycles. The van der Waals surface area contributed by atoms with Gasteiger partial charge in [0.2, 0.25) is 11.8 Å². The summed E-state index contributed by atoms with van der Waals surface area (Å²) in [5.41, 5.74) is 2.92. The number of piperidine rings is 1. The standard InChI is InChI=1S/C23H29N3O2/c1-3-26(21-12-8-7-9-18(21)2)22(27)17-25-15-13-19(14-16-25)23(28)24-20-10-5-4-6-11-20/h4-12,19H,3,13-17H2,1-2H3,(H,24,28). The van der Waals surface area contributed by atoms with Crippen LogP contribution in [0.5, 0.6) is 0 Å². The highest BCUT2D eigenvalue weighted by Crippen LogP contribution is 2.22. The van der Waals surface area contributed by atoms with Gasteiger partial charge in [-0.3, -0.25) is 14.5 Å². The van der Waals surface area contributed by atoms with Crippen molar-refractivity contribution in [1.82, 2.24) is 4.90 Å². The molecule has 148 valence electrons. The lowest BCUT2D eigenvalue weighted by Gasteiger charge is -2.32. The average molecular weight is 380 g/mol. The molecule has 2 aromatic carbocycles. The zero-order chi connectivity index (χ0) is 19.9. The van der Waals surface area contributed by atoms with Crippen molar-refractivity contribution >= 4 is 23.2 Å². The monoisotopic (exact) mass is 379 g/mol. The van der Waals surface area contributed by atoms with Gasteiger partial charge < -0.3 is 10.2 Å². The van der Waals surface area contributed by atoms with Crippen LogP contribution in [0.15, 0.2) is 54.6 Å². The van der Waals surface area contributed by atoms with Gasteiger partial charge in [-0.15, -0.1) is 0 Å². The minimum absolute atomic E-state index is 0.00482. The summed E-state index contributed by atoms with van der Waals surface area (Å²) in [6.07, 6.45) is 1.56. The largest absolute Gasteiger partial charge is 0.326 e. The van der Waals surface area contributed by atoms with Gasteiger partial charge in [0.05, 0.1) is 6.54 Å². The lowest BCUT2D eigenvalue weighted by atomic mass is 9.95. The number of amides is 2. The highest BCUT2D eigenvalue weighted by Gasteiger charge is 2.27. The number of anilines is 2. The van der Waals surface area contributed by atoms with Crippen LogP contribution in [-0.2, 0) is 9.59 Å². The second-order valence-electron chi connectivity index (χ2n) is 7.33. The topological polar surface area (TPSA) is 52.7 Å². The van der Waals surface area contributed by atoms with Crippen molar-refractivity contribution in [3.05, 3.63) is 60.2 Å².